The first-order chi connectivity index (χ1) is 10.5. The summed E-state index contributed by atoms with van der Waals surface area (Å²) in [7, 11) is 0. The molecule has 3 aromatic rings. The van der Waals surface area contributed by atoms with Gasteiger partial charge in [-0.1, -0.05) is 6.07 Å². The number of hydrogen-bond acceptors (Lipinski definition) is 3. The quantitative estimate of drug-likeness (QED) is 0.761. The van der Waals surface area contributed by atoms with E-state index in [1.54, 1.807) is 0 Å². The molecule has 0 saturated heterocycles. The summed E-state index contributed by atoms with van der Waals surface area (Å²) in [6.07, 6.45) is 0. The second-order valence-electron chi connectivity index (χ2n) is 6.06. The van der Waals surface area contributed by atoms with Crippen molar-refractivity contribution in [2.24, 2.45) is 0 Å². The first-order valence-corrected chi connectivity index (χ1v) is 7.71. The minimum absolute atomic E-state index is 0.359. The lowest BCUT2D eigenvalue weighted by molar-refractivity contribution is 0.444. The third-order valence-corrected chi connectivity index (χ3v) is 3.87. The lowest BCUT2D eigenvalue weighted by Gasteiger charge is -2.15. The van der Waals surface area contributed by atoms with Crippen molar-refractivity contribution in [3.63, 3.8) is 0 Å². The van der Waals surface area contributed by atoms with Crippen LogP contribution >= 0.6 is 0 Å². The summed E-state index contributed by atoms with van der Waals surface area (Å²) in [6, 6.07) is 8.84. The van der Waals surface area contributed by atoms with Crippen LogP contribution in [0.3, 0.4) is 0 Å². The molecule has 0 amide bonds. The van der Waals surface area contributed by atoms with E-state index in [4.69, 9.17) is 0 Å². The molecule has 0 saturated carbocycles. The van der Waals surface area contributed by atoms with Gasteiger partial charge in [-0.3, -0.25) is 4.68 Å². The fourth-order valence-electron chi connectivity index (χ4n) is 2.77. The van der Waals surface area contributed by atoms with Crippen LogP contribution in [-0.2, 0) is 13.1 Å². The SMILES string of the molecule is Cc1cc(C)n(C[C@H](C)NCc2ccc3nc(C)[nH]c3c2)n1. The Labute approximate surface area is 130 Å². The lowest BCUT2D eigenvalue weighted by Crippen LogP contribution is -2.30. The maximum Gasteiger partial charge on any atom is 0.104 e. The van der Waals surface area contributed by atoms with E-state index in [2.05, 4.69) is 63.2 Å². The van der Waals surface area contributed by atoms with Gasteiger partial charge in [0.15, 0.2) is 0 Å². The lowest BCUT2D eigenvalue weighted by atomic mass is 10.2. The Kier molecular flexibility index (Phi) is 3.98. The number of imidazole rings is 1. The number of hydrogen-bond donors (Lipinski definition) is 2. The molecule has 2 aromatic heterocycles. The third-order valence-electron chi connectivity index (χ3n) is 3.87. The molecule has 5 heteroatoms. The van der Waals surface area contributed by atoms with Crippen LogP contribution in [0.25, 0.3) is 11.0 Å². The number of rotatable bonds is 5. The molecule has 5 nitrogen and oxygen atoms in total. The largest absolute Gasteiger partial charge is 0.342 e. The van der Waals surface area contributed by atoms with Gasteiger partial charge in [-0.25, -0.2) is 4.98 Å². The Bertz CT molecular complexity index is 784. The van der Waals surface area contributed by atoms with E-state index < -0.39 is 0 Å². The zero-order valence-electron chi connectivity index (χ0n) is 13.6. The van der Waals surface area contributed by atoms with Crippen LogP contribution in [0.5, 0.6) is 0 Å². The van der Waals surface area contributed by atoms with Gasteiger partial charge in [-0.15, -0.1) is 0 Å². The Morgan fingerprint density at radius 2 is 2.05 bits per heavy atom. The normalized spacial score (nSPS) is 12.9. The average Bonchev–Trinajstić information content (AvgIpc) is 2.97. The Balaban J connectivity index is 1.61. The summed E-state index contributed by atoms with van der Waals surface area (Å²) in [6.45, 7) is 10.0. The summed E-state index contributed by atoms with van der Waals surface area (Å²) in [4.78, 5) is 7.71. The van der Waals surface area contributed by atoms with Crippen LogP contribution in [0.4, 0.5) is 0 Å². The molecule has 2 N–H and O–H groups in total. The molecule has 0 unspecified atom stereocenters. The van der Waals surface area contributed by atoms with Gasteiger partial charge in [-0.2, -0.15) is 5.10 Å². The number of fused-ring (bicyclic) bond motifs is 1. The number of H-pyrrole nitrogens is 1. The molecule has 3 rings (SSSR count). The van der Waals surface area contributed by atoms with Crippen LogP contribution < -0.4 is 5.32 Å². The highest BCUT2D eigenvalue weighted by atomic mass is 15.3. The number of benzene rings is 1. The molecular formula is C17H23N5. The predicted molar refractivity (Wildman–Crippen MR) is 88.8 cm³/mol. The van der Waals surface area contributed by atoms with E-state index in [0.29, 0.717) is 6.04 Å². The van der Waals surface area contributed by atoms with Crippen molar-refractivity contribution in [3.05, 3.63) is 47.0 Å². The molecule has 0 fully saturated rings. The zero-order valence-corrected chi connectivity index (χ0v) is 13.6. The monoisotopic (exact) mass is 297 g/mol. The third kappa shape index (κ3) is 3.20. The molecule has 1 atom stereocenters. The van der Waals surface area contributed by atoms with Gasteiger partial charge in [-0.05, 0) is 51.5 Å². The van der Waals surface area contributed by atoms with E-state index in [-0.39, 0.29) is 0 Å². The van der Waals surface area contributed by atoms with Gasteiger partial charge in [0.25, 0.3) is 0 Å². The Hall–Kier alpha value is -2.14. The zero-order chi connectivity index (χ0) is 15.7. The number of nitrogens with one attached hydrogen (secondary N) is 2. The van der Waals surface area contributed by atoms with Crippen molar-refractivity contribution >= 4 is 11.0 Å². The minimum Gasteiger partial charge on any atom is -0.342 e. The Morgan fingerprint density at radius 1 is 1.23 bits per heavy atom. The smallest absolute Gasteiger partial charge is 0.104 e. The highest BCUT2D eigenvalue weighted by molar-refractivity contribution is 5.75. The molecule has 0 aliphatic carbocycles. The van der Waals surface area contributed by atoms with E-state index in [1.807, 2.05) is 13.8 Å². The van der Waals surface area contributed by atoms with Crippen LogP contribution in [-0.4, -0.2) is 25.8 Å². The molecule has 0 radical (unpaired) electrons. The molecular weight excluding hydrogens is 274 g/mol. The molecule has 2 heterocycles. The Morgan fingerprint density at radius 3 is 2.77 bits per heavy atom. The standard InChI is InChI=1S/C17H23N5/c1-11-7-13(3)22(21-11)10-12(2)18-9-15-5-6-16-17(8-15)20-14(4)19-16/h5-8,12,18H,9-10H2,1-4H3,(H,19,20)/t12-/m0/s1. The maximum absolute atomic E-state index is 4.51. The van der Waals surface area contributed by atoms with Gasteiger partial charge in [0, 0.05) is 18.3 Å². The van der Waals surface area contributed by atoms with Crippen LogP contribution in [0, 0.1) is 20.8 Å². The fraction of sp³-hybridized carbons (Fsp3) is 0.412. The predicted octanol–water partition coefficient (Wildman–Crippen LogP) is 2.86. The van der Waals surface area contributed by atoms with Crippen molar-refractivity contribution < 1.29 is 0 Å². The summed E-state index contributed by atoms with van der Waals surface area (Å²) in [5, 5.41) is 8.07. The summed E-state index contributed by atoms with van der Waals surface area (Å²) < 4.78 is 2.06. The molecule has 0 spiro atoms. The van der Waals surface area contributed by atoms with Gasteiger partial charge in [0.05, 0.1) is 23.3 Å². The first kappa shape index (κ1) is 14.8. The number of aryl methyl sites for hydroxylation is 3. The molecule has 0 aliphatic heterocycles. The van der Waals surface area contributed by atoms with Crippen molar-refractivity contribution in [2.75, 3.05) is 0 Å². The van der Waals surface area contributed by atoms with Crippen LogP contribution in [0.2, 0.25) is 0 Å². The number of nitrogens with zero attached hydrogens (tertiary/aromatic N) is 3. The van der Waals surface area contributed by atoms with Crippen molar-refractivity contribution in [2.45, 2.75) is 46.8 Å². The van der Waals surface area contributed by atoms with Crippen LogP contribution in [0.15, 0.2) is 24.3 Å². The molecule has 0 aliphatic rings. The van der Waals surface area contributed by atoms with Gasteiger partial charge in [0.1, 0.15) is 5.82 Å². The number of aromatic nitrogens is 4. The molecule has 116 valence electrons. The van der Waals surface area contributed by atoms with E-state index >= 15 is 0 Å². The topological polar surface area (TPSA) is 58.5 Å². The van der Waals surface area contributed by atoms with Gasteiger partial charge < -0.3 is 10.3 Å². The molecule has 1 aromatic carbocycles. The van der Waals surface area contributed by atoms with E-state index in [0.717, 1.165) is 35.6 Å². The van der Waals surface area contributed by atoms with E-state index in [1.165, 1.54) is 11.3 Å². The van der Waals surface area contributed by atoms with Gasteiger partial charge >= 0.3 is 0 Å². The summed E-state index contributed by atoms with van der Waals surface area (Å²) >= 11 is 0. The minimum atomic E-state index is 0.359. The van der Waals surface area contributed by atoms with Gasteiger partial charge in [0.2, 0.25) is 0 Å². The molecule has 0 bridgehead atoms. The highest BCUT2D eigenvalue weighted by Crippen LogP contribution is 2.13. The van der Waals surface area contributed by atoms with Crippen molar-refractivity contribution in [3.8, 4) is 0 Å². The summed E-state index contributed by atoms with van der Waals surface area (Å²) in [5.41, 5.74) is 5.67. The van der Waals surface area contributed by atoms with Crippen molar-refractivity contribution in [1.82, 2.24) is 25.1 Å². The van der Waals surface area contributed by atoms with E-state index in [9.17, 15) is 0 Å². The number of aromatic amines is 1. The second kappa shape index (κ2) is 5.93. The molecule has 22 heavy (non-hydrogen) atoms. The first-order valence-electron chi connectivity index (χ1n) is 7.71. The second-order valence-corrected chi connectivity index (χ2v) is 6.06. The maximum atomic E-state index is 4.51. The van der Waals surface area contributed by atoms with Crippen molar-refractivity contribution in [1.29, 1.82) is 0 Å². The average molecular weight is 297 g/mol. The summed E-state index contributed by atoms with van der Waals surface area (Å²) in [5.74, 6) is 0.956. The fourth-order valence-corrected chi connectivity index (χ4v) is 2.77. The highest BCUT2D eigenvalue weighted by Gasteiger charge is 2.07. The van der Waals surface area contributed by atoms with Crippen LogP contribution in [0.1, 0.15) is 29.7 Å².